The molecule has 3 rings (SSSR count). The predicted octanol–water partition coefficient (Wildman–Crippen LogP) is 4.18. The van der Waals surface area contributed by atoms with Gasteiger partial charge in [0.1, 0.15) is 0 Å². The summed E-state index contributed by atoms with van der Waals surface area (Å²) >= 11 is 1.36. The first-order valence-corrected chi connectivity index (χ1v) is 8.39. The third-order valence-corrected chi connectivity index (χ3v) is 4.60. The van der Waals surface area contributed by atoms with Gasteiger partial charge in [-0.2, -0.15) is 0 Å². The molecule has 0 amide bonds. The zero-order chi connectivity index (χ0) is 16.2. The van der Waals surface area contributed by atoms with Crippen LogP contribution in [0.5, 0.6) is 0 Å². The van der Waals surface area contributed by atoms with E-state index in [9.17, 15) is 5.11 Å². The van der Waals surface area contributed by atoms with Gasteiger partial charge < -0.3 is 9.52 Å². The Bertz CT molecular complexity index is 787. The van der Waals surface area contributed by atoms with Crippen LogP contribution in [0.15, 0.2) is 58.2 Å². The molecule has 0 radical (unpaired) electrons. The molecule has 0 aliphatic carbocycles. The minimum atomic E-state index is -0.557. The Morgan fingerprint density at radius 2 is 1.83 bits per heavy atom. The van der Waals surface area contributed by atoms with Gasteiger partial charge in [0.25, 0.3) is 5.22 Å². The molecule has 0 saturated heterocycles. The normalized spacial score (nSPS) is 12.3. The Balaban J connectivity index is 1.66. The third kappa shape index (κ3) is 3.81. The van der Waals surface area contributed by atoms with Crippen LogP contribution in [0.2, 0.25) is 0 Å². The molecule has 1 N–H and O–H groups in total. The molecular formula is C18H18N2O2S. The smallest absolute Gasteiger partial charge is 0.276 e. The van der Waals surface area contributed by atoms with Gasteiger partial charge in [0, 0.05) is 11.3 Å². The van der Waals surface area contributed by atoms with Crippen LogP contribution in [0, 0.1) is 13.8 Å². The topological polar surface area (TPSA) is 59.2 Å². The second-order valence-electron chi connectivity index (χ2n) is 5.41. The van der Waals surface area contributed by atoms with Gasteiger partial charge in [-0.05, 0) is 42.7 Å². The van der Waals surface area contributed by atoms with E-state index in [1.807, 2.05) is 48.5 Å². The van der Waals surface area contributed by atoms with Crippen molar-refractivity contribution in [1.29, 1.82) is 0 Å². The molecule has 3 aromatic rings. The van der Waals surface area contributed by atoms with Gasteiger partial charge in [-0.15, -0.1) is 10.2 Å². The third-order valence-electron chi connectivity index (χ3n) is 3.71. The molecule has 2 aromatic carbocycles. The molecule has 0 fully saturated rings. The molecule has 118 valence electrons. The summed E-state index contributed by atoms with van der Waals surface area (Å²) in [4.78, 5) is 0. The largest absolute Gasteiger partial charge is 0.411 e. The van der Waals surface area contributed by atoms with Crippen LogP contribution in [0.25, 0.3) is 11.5 Å². The van der Waals surface area contributed by atoms with Crippen LogP contribution in [0.4, 0.5) is 0 Å². The molecule has 0 spiro atoms. The van der Waals surface area contributed by atoms with Crippen LogP contribution in [-0.4, -0.2) is 21.1 Å². The molecule has 23 heavy (non-hydrogen) atoms. The number of nitrogens with zero attached hydrogens (tertiary/aromatic N) is 2. The zero-order valence-corrected chi connectivity index (χ0v) is 13.9. The summed E-state index contributed by atoms with van der Waals surface area (Å²) in [5.74, 6) is 0.975. The van der Waals surface area contributed by atoms with Crippen molar-refractivity contribution < 1.29 is 9.52 Å². The van der Waals surface area contributed by atoms with Crippen molar-refractivity contribution >= 4 is 11.8 Å². The molecule has 1 aromatic heterocycles. The second kappa shape index (κ2) is 6.98. The monoisotopic (exact) mass is 326 g/mol. The maximum Gasteiger partial charge on any atom is 0.276 e. The number of hydrogen-bond acceptors (Lipinski definition) is 5. The Kier molecular flexibility index (Phi) is 4.79. The van der Waals surface area contributed by atoms with Gasteiger partial charge >= 0.3 is 0 Å². The van der Waals surface area contributed by atoms with E-state index in [0.29, 0.717) is 16.9 Å². The molecule has 0 aliphatic rings. The molecule has 1 unspecified atom stereocenters. The van der Waals surface area contributed by atoms with E-state index >= 15 is 0 Å². The highest BCUT2D eigenvalue weighted by Gasteiger charge is 2.13. The summed E-state index contributed by atoms with van der Waals surface area (Å²) in [5, 5.41) is 18.8. The molecular weight excluding hydrogens is 308 g/mol. The number of aryl methyl sites for hydroxylation is 2. The van der Waals surface area contributed by atoms with Gasteiger partial charge in [-0.3, -0.25) is 0 Å². The number of benzene rings is 2. The summed E-state index contributed by atoms with van der Waals surface area (Å²) in [6.07, 6.45) is -0.557. The van der Waals surface area contributed by atoms with Crippen LogP contribution in [-0.2, 0) is 0 Å². The number of aromatic nitrogens is 2. The Hall–Kier alpha value is -2.11. The number of hydrogen-bond donors (Lipinski definition) is 1. The van der Waals surface area contributed by atoms with Gasteiger partial charge in [0.2, 0.25) is 5.89 Å². The Morgan fingerprint density at radius 1 is 1.04 bits per heavy atom. The van der Waals surface area contributed by atoms with Crippen molar-refractivity contribution in [3.63, 3.8) is 0 Å². The lowest BCUT2D eigenvalue weighted by Crippen LogP contribution is -1.99. The van der Waals surface area contributed by atoms with Gasteiger partial charge in [-0.25, -0.2) is 0 Å². The highest BCUT2D eigenvalue weighted by molar-refractivity contribution is 7.99. The minimum absolute atomic E-state index is 0.466. The maximum absolute atomic E-state index is 10.2. The molecule has 1 atom stereocenters. The van der Waals surface area contributed by atoms with Crippen LogP contribution >= 0.6 is 11.8 Å². The van der Waals surface area contributed by atoms with E-state index in [1.54, 1.807) is 0 Å². The van der Waals surface area contributed by atoms with E-state index in [-0.39, 0.29) is 0 Å². The van der Waals surface area contributed by atoms with Crippen molar-refractivity contribution in [3.05, 3.63) is 65.2 Å². The average molecular weight is 326 g/mol. The first-order chi connectivity index (χ1) is 11.1. The van der Waals surface area contributed by atoms with Gasteiger partial charge in [-0.1, -0.05) is 48.2 Å². The summed E-state index contributed by atoms with van der Waals surface area (Å²) in [6, 6.07) is 15.6. The standard InChI is InChI=1S/C18H18N2O2S/c1-12-8-9-15(10-13(12)2)17-19-20-18(22-17)23-11-16(21)14-6-4-3-5-7-14/h3-10,16,21H,11H2,1-2H3. The molecule has 5 heteroatoms. The molecule has 0 saturated carbocycles. The van der Waals surface area contributed by atoms with Crippen LogP contribution in [0.1, 0.15) is 22.8 Å². The number of thioether (sulfide) groups is 1. The SMILES string of the molecule is Cc1ccc(-c2nnc(SCC(O)c3ccccc3)o2)cc1C. The fourth-order valence-electron chi connectivity index (χ4n) is 2.18. The average Bonchev–Trinajstić information content (AvgIpc) is 3.05. The first kappa shape index (κ1) is 15.8. The van der Waals surface area contributed by atoms with E-state index in [2.05, 4.69) is 24.0 Å². The van der Waals surface area contributed by atoms with Gasteiger partial charge in [0.15, 0.2) is 0 Å². The van der Waals surface area contributed by atoms with Gasteiger partial charge in [0.05, 0.1) is 6.10 Å². The zero-order valence-electron chi connectivity index (χ0n) is 13.1. The fourth-order valence-corrected chi connectivity index (χ4v) is 2.91. The predicted molar refractivity (Wildman–Crippen MR) is 91.3 cm³/mol. The second-order valence-corrected chi connectivity index (χ2v) is 6.38. The number of rotatable bonds is 5. The van der Waals surface area contributed by atoms with Crippen LogP contribution in [0.3, 0.4) is 0 Å². The van der Waals surface area contributed by atoms with Crippen molar-refractivity contribution in [2.45, 2.75) is 25.2 Å². The fraction of sp³-hybridized carbons (Fsp3) is 0.222. The lowest BCUT2D eigenvalue weighted by atomic mass is 10.1. The summed E-state index contributed by atoms with van der Waals surface area (Å²) in [6.45, 7) is 4.13. The van der Waals surface area contributed by atoms with E-state index in [0.717, 1.165) is 11.1 Å². The van der Waals surface area contributed by atoms with Crippen LogP contribution < -0.4 is 0 Å². The van der Waals surface area contributed by atoms with E-state index in [1.165, 1.54) is 22.9 Å². The molecule has 0 bridgehead atoms. The summed E-state index contributed by atoms with van der Waals surface area (Å²) in [7, 11) is 0. The Morgan fingerprint density at radius 3 is 2.57 bits per heavy atom. The molecule has 4 nitrogen and oxygen atoms in total. The lowest BCUT2D eigenvalue weighted by Gasteiger charge is -2.08. The molecule has 1 heterocycles. The van der Waals surface area contributed by atoms with E-state index in [4.69, 9.17) is 4.42 Å². The van der Waals surface area contributed by atoms with Crippen molar-refractivity contribution in [1.82, 2.24) is 10.2 Å². The number of aliphatic hydroxyl groups is 1. The first-order valence-electron chi connectivity index (χ1n) is 7.40. The highest BCUT2D eigenvalue weighted by atomic mass is 32.2. The Labute approximate surface area is 139 Å². The summed E-state index contributed by atoms with van der Waals surface area (Å²) in [5.41, 5.74) is 4.22. The maximum atomic E-state index is 10.2. The van der Waals surface area contributed by atoms with Crippen molar-refractivity contribution in [2.75, 3.05) is 5.75 Å². The summed E-state index contributed by atoms with van der Waals surface area (Å²) < 4.78 is 5.68. The highest BCUT2D eigenvalue weighted by Crippen LogP contribution is 2.27. The molecule has 0 aliphatic heterocycles. The lowest BCUT2D eigenvalue weighted by molar-refractivity contribution is 0.204. The van der Waals surface area contributed by atoms with E-state index < -0.39 is 6.10 Å². The quantitative estimate of drug-likeness (QED) is 0.713. The minimum Gasteiger partial charge on any atom is -0.411 e. The van der Waals surface area contributed by atoms with Crippen molar-refractivity contribution in [2.24, 2.45) is 0 Å². The van der Waals surface area contributed by atoms with Crippen molar-refractivity contribution in [3.8, 4) is 11.5 Å². The number of aliphatic hydroxyl groups excluding tert-OH is 1.